The van der Waals surface area contributed by atoms with Crippen LogP contribution in [0.1, 0.15) is 21.5 Å². The van der Waals surface area contributed by atoms with Crippen LogP contribution in [0.15, 0.2) is 65.9 Å². The van der Waals surface area contributed by atoms with Crippen molar-refractivity contribution < 1.29 is 14.4 Å². The van der Waals surface area contributed by atoms with Crippen LogP contribution in [0, 0.1) is 0 Å². The van der Waals surface area contributed by atoms with E-state index in [1.165, 1.54) is 6.08 Å². The number of para-hydroxylation sites is 1. The van der Waals surface area contributed by atoms with Gasteiger partial charge in [-0.25, -0.2) is 5.43 Å². The SMILES string of the molecule is NC(=O)C(=O)/C=C/c1cccc(C(=O)N/N=C/c2c[nH]c3ccccc23)c1. The van der Waals surface area contributed by atoms with Crippen LogP contribution in [0.5, 0.6) is 0 Å². The Bertz CT molecular complexity index is 1080. The minimum absolute atomic E-state index is 0.361. The molecule has 134 valence electrons. The number of benzene rings is 2. The smallest absolute Gasteiger partial charge is 0.289 e. The molecular weight excluding hydrogens is 344 g/mol. The molecule has 0 bridgehead atoms. The van der Waals surface area contributed by atoms with Gasteiger partial charge in [0.25, 0.3) is 11.8 Å². The van der Waals surface area contributed by atoms with Crippen LogP contribution < -0.4 is 11.2 Å². The summed E-state index contributed by atoms with van der Waals surface area (Å²) >= 11 is 0. The molecule has 7 nitrogen and oxygen atoms in total. The molecule has 0 spiro atoms. The van der Waals surface area contributed by atoms with Gasteiger partial charge in [-0.05, 0) is 29.8 Å². The molecule has 4 N–H and O–H groups in total. The van der Waals surface area contributed by atoms with E-state index in [2.05, 4.69) is 15.5 Å². The number of amides is 2. The first kappa shape index (κ1) is 17.8. The number of nitrogens with one attached hydrogen (secondary N) is 2. The molecule has 0 saturated heterocycles. The molecule has 2 aromatic carbocycles. The lowest BCUT2D eigenvalue weighted by molar-refractivity contribution is -0.133. The highest BCUT2D eigenvalue weighted by Gasteiger charge is 2.06. The minimum atomic E-state index is -1.04. The van der Waals surface area contributed by atoms with Gasteiger partial charge in [-0.2, -0.15) is 5.10 Å². The predicted octanol–water partition coefficient (Wildman–Crippen LogP) is 2.00. The molecule has 7 heteroatoms. The maximum atomic E-state index is 12.2. The average Bonchev–Trinajstić information content (AvgIpc) is 3.09. The van der Waals surface area contributed by atoms with Gasteiger partial charge in [0.15, 0.2) is 0 Å². The molecule has 0 aliphatic rings. The summed E-state index contributed by atoms with van der Waals surface area (Å²) in [5.74, 6) is -2.25. The summed E-state index contributed by atoms with van der Waals surface area (Å²) in [5.41, 5.74) is 10.1. The number of nitrogens with two attached hydrogens (primary N) is 1. The predicted molar refractivity (Wildman–Crippen MR) is 103 cm³/mol. The van der Waals surface area contributed by atoms with E-state index < -0.39 is 17.6 Å². The molecule has 3 aromatic rings. The number of hydrogen-bond donors (Lipinski definition) is 3. The molecule has 0 atom stereocenters. The molecule has 27 heavy (non-hydrogen) atoms. The van der Waals surface area contributed by atoms with E-state index in [4.69, 9.17) is 5.73 Å². The van der Waals surface area contributed by atoms with Crippen LogP contribution in [0.25, 0.3) is 17.0 Å². The molecule has 0 unspecified atom stereocenters. The van der Waals surface area contributed by atoms with Crippen LogP contribution in [0.3, 0.4) is 0 Å². The van der Waals surface area contributed by atoms with Crippen molar-refractivity contribution in [3.8, 4) is 0 Å². The molecule has 3 rings (SSSR count). The fraction of sp³-hybridized carbons (Fsp3) is 0. The number of aromatic amines is 1. The third kappa shape index (κ3) is 4.35. The van der Waals surface area contributed by atoms with Crippen LogP contribution in [0.4, 0.5) is 0 Å². The van der Waals surface area contributed by atoms with Crippen molar-refractivity contribution in [2.45, 2.75) is 0 Å². The molecule has 0 aliphatic carbocycles. The molecular formula is C20H16N4O3. The first-order chi connectivity index (χ1) is 13.0. The Labute approximate surface area is 154 Å². The number of carbonyl (C=O) groups excluding carboxylic acids is 3. The normalized spacial score (nSPS) is 11.3. The lowest BCUT2D eigenvalue weighted by Gasteiger charge is -2.01. The second kappa shape index (κ2) is 7.92. The van der Waals surface area contributed by atoms with Gasteiger partial charge in [-0.3, -0.25) is 14.4 Å². The van der Waals surface area contributed by atoms with E-state index in [9.17, 15) is 14.4 Å². The van der Waals surface area contributed by atoms with E-state index in [0.29, 0.717) is 11.1 Å². The van der Waals surface area contributed by atoms with E-state index >= 15 is 0 Å². The van der Waals surface area contributed by atoms with Gasteiger partial charge in [0.05, 0.1) is 6.21 Å². The standard InChI is InChI=1S/C20H16N4O3/c21-19(26)18(25)9-8-13-4-3-5-14(10-13)20(27)24-23-12-15-11-22-17-7-2-1-6-16(15)17/h1-12,22H,(H2,21,26)(H,24,27)/b9-8+,23-12+. The second-order valence-electron chi connectivity index (χ2n) is 5.68. The molecule has 0 aliphatic heterocycles. The molecule has 0 radical (unpaired) electrons. The van der Waals surface area contributed by atoms with Gasteiger partial charge >= 0.3 is 0 Å². The third-order valence-electron chi connectivity index (χ3n) is 3.81. The Morgan fingerprint density at radius 3 is 2.70 bits per heavy atom. The fourth-order valence-corrected chi connectivity index (χ4v) is 2.46. The lowest BCUT2D eigenvalue weighted by Crippen LogP contribution is -2.20. The quantitative estimate of drug-likeness (QED) is 0.270. The Morgan fingerprint density at radius 2 is 1.89 bits per heavy atom. The minimum Gasteiger partial charge on any atom is -0.363 e. The van der Waals surface area contributed by atoms with E-state index in [1.54, 1.807) is 30.5 Å². The van der Waals surface area contributed by atoms with Crippen molar-refractivity contribution in [3.63, 3.8) is 0 Å². The van der Waals surface area contributed by atoms with E-state index in [-0.39, 0.29) is 0 Å². The summed E-state index contributed by atoms with van der Waals surface area (Å²) in [7, 11) is 0. The number of hydrazone groups is 1. The number of H-pyrrole nitrogens is 1. The summed E-state index contributed by atoms with van der Waals surface area (Å²) in [4.78, 5) is 37.3. The Balaban J connectivity index is 1.68. The number of aromatic nitrogens is 1. The highest BCUT2D eigenvalue weighted by atomic mass is 16.2. The van der Waals surface area contributed by atoms with Crippen molar-refractivity contribution >= 4 is 40.8 Å². The summed E-state index contributed by atoms with van der Waals surface area (Å²) in [5, 5.41) is 4.99. The van der Waals surface area contributed by atoms with Crippen molar-refractivity contribution in [2.75, 3.05) is 0 Å². The van der Waals surface area contributed by atoms with Crippen LogP contribution in [-0.2, 0) is 9.59 Å². The Kier molecular flexibility index (Phi) is 5.22. The number of nitrogens with zero attached hydrogens (tertiary/aromatic N) is 1. The second-order valence-corrected chi connectivity index (χ2v) is 5.68. The van der Waals surface area contributed by atoms with Gasteiger partial charge in [0.1, 0.15) is 0 Å². The molecule has 0 saturated carbocycles. The van der Waals surface area contributed by atoms with Crippen LogP contribution >= 0.6 is 0 Å². The monoisotopic (exact) mass is 360 g/mol. The summed E-state index contributed by atoms with van der Waals surface area (Å²) in [6, 6.07) is 14.3. The topological polar surface area (TPSA) is 117 Å². The van der Waals surface area contributed by atoms with Gasteiger partial charge in [0.2, 0.25) is 5.78 Å². The fourth-order valence-electron chi connectivity index (χ4n) is 2.46. The third-order valence-corrected chi connectivity index (χ3v) is 3.81. The first-order valence-corrected chi connectivity index (χ1v) is 8.06. The molecule has 0 fully saturated rings. The molecule has 1 heterocycles. The van der Waals surface area contributed by atoms with Crippen molar-refractivity contribution in [1.29, 1.82) is 0 Å². The van der Waals surface area contributed by atoms with E-state index in [1.807, 2.05) is 30.5 Å². The van der Waals surface area contributed by atoms with Crippen LogP contribution in [0.2, 0.25) is 0 Å². The van der Waals surface area contributed by atoms with Crippen molar-refractivity contribution in [1.82, 2.24) is 10.4 Å². The van der Waals surface area contributed by atoms with Gasteiger partial charge < -0.3 is 10.7 Å². The van der Waals surface area contributed by atoms with Crippen molar-refractivity contribution in [3.05, 3.63) is 77.5 Å². The maximum absolute atomic E-state index is 12.2. The maximum Gasteiger partial charge on any atom is 0.289 e. The summed E-state index contributed by atoms with van der Waals surface area (Å²) in [6.07, 6.45) is 5.85. The van der Waals surface area contributed by atoms with Gasteiger partial charge in [0, 0.05) is 28.2 Å². The number of carbonyl (C=O) groups is 3. The first-order valence-electron chi connectivity index (χ1n) is 8.06. The zero-order chi connectivity index (χ0) is 19.2. The lowest BCUT2D eigenvalue weighted by atomic mass is 10.1. The van der Waals surface area contributed by atoms with Crippen LogP contribution in [-0.4, -0.2) is 28.8 Å². The zero-order valence-electron chi connectivity index (χ0n) is 14.2. The average molecular weight is 360 g/mol. The Morgan fingerprint density at radius 1 is 1.07 bits per heavy atom. The Hall–Kier alpha value is -4.00. The molecule has 1 aromatic heterocycles. The number of primary amides is 1. The van der Waals surface area contributed by atoms with Gasteiger partial charge in [-0.1, -0.05) is 36.4 Å². The van der Waals surface area contributed by atoms with E-state index in [0.717, 1.165) is 22.5 Å². The number of rotatable bonds is 6. The highest BCUT2D eigenvalue weighted by molar-refractivity contribution is 6.40. The largest absolute Gasteiger partial charge is 0.363 e. The molecule has 2 amide bonds. The highest BCUT2D eigenvalue weighted by Crippen LogP contribution is 2.15. The summed E-state index contributed by atoms with van der Waals surface area (Å²) < 4.78 is 0. The summed E-state index contributed by atoms with van der Waals surface area (Å²) in [6.45, 7) is 0. The zero-order valence-corrected chi connectivity index (χ0v) is 14.2. The number of hydrogen-bond acceptors (Lipinski definition) is 4. The number of fused-ring (bicyclic) bond motifs is 1. The van der Waals surface area contributed by atoms with Gasteiger partial charge in [-0.15, -0.1) is 0 Å². The van der Waals surface area contributed by atoms with Crippen molar-refractivity contribution in [2.24, 2.45) is 10.8 Å². The number of ketones is 1.